The monoisotopic (exact) mass is 336 g/mol. The Morgan fingerprint density at radius 3 is 2.16 bits per heavy atom. The van der Waals surface area contributed by atoms with Crippen molar-refractivity contribution >= 4 is 0 Å². The van der Waals surface area contributed by atoms with E-state index in [9.17, 15) is 0 Å². The second-order valence-corrected chi connectivity index (χ2v) is 6.80. The summed E-state index contributed by atoms with van der Waals surface area (Å²) in [4.78, 5) is 8.05. The maximum absolute atomic E-state index is 4.05. The number of nitrogens with zero attached hydrogens (tertiary/aromatic N) is 4. The standard InChI is InChI=1S/C11H12N2.C10H16N2/c1-2-4-11(5-3-1)6-8-13-9-7-12-10-13;1-2-4-10(5-3-1)8-12-7-6-11-9-12/h1-5,7,9-10H,6,8H2;6-7,9-10H,1-5,8H2. The normalized spacial score (nSPS) is 14.7. The molecule has 0 aliphatic heterocycles. The van der Waals surface area contributed by atoms with Crippen LogP contribution in [0.25, 0.3) is 0 Å². The molecule has 4 heteroatoms. The molecule has 4 nitrogen and oxygen atoms in total. The highest BCUT2D eigenvalue weighted by Gasteiger charge is 2.13. The van der Waals surface area contributed by atoms with Crippen LogP contribution in [0, 0.1) is 5.92 Å². The molecule has 1 aliphatic rings. The van der Waals surface area contributed by atoms with Crippen LogP contribution in [0.15, 0.2) is 67.8 Å². The summed E-state index contributed by atoms with van der Waals surface area (Å²) in [6.07, 6.45) is 19.7. The predicted octanol–water partition coefficient (Wildman–Crippen LogP) is 4.59. The minimum absolute atomic E-state index is 0.910. The minimum atomic E-state index is 0.910. The molecule has 0 atom stereocenters. The van der Waals surface area contributed by atoms with Crippen LogP contribution in [-0.2, 0) is 19.5 Å². The van der Waals surface area contributed by atoms with Crippen LogP contribution in [0.1, 0.15) is 37.7 Å². The van der Waals surface area contributed by atoms with Crippen molar-refractivity contribution in [3.05, 3.63) is 73.3 Å². The Morgan fingerprint density at radius 2 is 1.52 bits per heavy atom. The van der Waals surface area contributed by atoms with Crippen LogP contribution in [0.2, 0.25) is 0 Å². The molecular formula is C21H28N4. The summed E-state index contributed by atoms with van der Waals surface area (Å²) in [6, 6.07) is 10.5. The summed E-state index contributed by atoms with van der Waals surface area (Å²) in [5.74, 6) is 0.910. The zero-order chi connectivity index (χ0) is 17.2. The lowest BCUT2D eigenvalue weighted by atomic mass is 9.89. The summed E-state index contributed by atoms with van der Waals surface area (Å²) in [5, 5.41) is 0. The number of aromatic nitrogens is 4. The van der Waals surface area contributed by atoms with Crippen molar-refractivity contribution in [3.63, 3.8) is 0 Å². The lowest BCUT2D eigenvalue weighted by molar-refractivity contribution is 0.319. The van der Waals surface area contributed by atoms with E-state index in [1.807, 2.05) is 37.3 Å². The Kier molecular flexibility index (Phi) is 6.86. The fourth-order valence-corrected chi connectivity index (χ4v) is 3.38. The van der Waals surface area contributed by atoms with E-state index >= 15 is 0 Å². The van der Waals surface area contributed by atoms with Gasteiger partial charge in [-0.15, -0.1) is 0 Å². The smallest absolute Gasteiger partial charge is 0.0946 e. The van der Waals surface area contributed by atoms with Gasteiger partial charge in [0.15, 0.2) is 0 Å². The van der Waals surface area contributed by atoms with Crippen molar-refractivity contribution in [3.8, 4) is 0 Å². The first-order valence-electron chi connectivity index (χ1n) is 9.35. The number of hydrogen-bond acceptors (Lipinski definition) is 2. The molecule has 1 aliphatic carbocycles. The first kappa shape index (κ1) is 17.5. The fourth-order valence-electron chi connectivity index (χ4n) is 3.38. The number of hydrogen-bond donors (Lipinski definition) is 0. The van der Waals surface area contributed by atoms with Gasteiger partial charge in [0.05, 0.1) is 12.7 Å². The summed E-state index contributed by atoms with van der Waals surface area (Å²) in [5.41, 5.74) is 1.37. The number of imidazole rings is 2. The van der Waals surface area contributed by atoms with Crippen molar-refractivity contribution in [2.75, 3.05) is 0 Å². The third-order valence-corrected chi connectivity index (χ3v) is 4.81. The molecule has 0 radical (unpaired) electrons. The van der Waals surface area contributed by atoms with Gasteiger partial charge in [0.25, 0.3) is 0 Å². The van der Waals surface area contributed by atoms with Crippen molar-refractivity contribution in [2.24, 2.45) is 5.92 Å². The molecule has 2 aromatic heterocycles. The first-order chi connectivity index (χ1) is 12.4. The Labute approximate surface area is 150 Å². The average Bonchev–Trinajstić information content (AvgIpc) is 3.36. The van der Waals surface area contributed by atoms with Crippen LogP contribution in [0.5, 0.6) is 0 Å². The molecule has 132 valence electrons. The van der Waals surface area contributed by atoms with Crippen molar-refractivity contribution in [2.45, 2.75) is 51.6 Å². The van der Waals surface area contributed by atoms with Gasteiger partial charge in [0.1, 0.15) is 0 Å². The lowest BCUT2D eigenvalue weighted by Gasteiger charge is -2.21. The third kappa shape index (κ3) is 6.22. The molecule has 0 spiro atoms. The van der Waals surface area contributed by atoms with E-state index < -0.39 is 0 Å². The van der Waals surface area contributed by atoms with E-state index in [1.54, 1.807) is 0 Å². The SMILES string of the molecule is c1ccc(CCn2ccnc2)cc1.c1cn(CC2CCCCC2)cn1. The van der Waals surface area contributed by atoms with Gasteiger partial charge in [-0.25, -0.2) is 9.97 Å². The van der Waals surface area contributed by atoms with Gasteiger partial charge in [-0.3, -0.25) is 0 Å². The molecular weight excluding hydrogens is 308 g/mol. The summed E-state index contributed by atoms with van der Waals surface area (Å²) in [6.45, 7) is 2.18. The second-order valence-electron chi connectivity index (χ2n) is 6.80. The molecule has 0 amide bonds. The Morgan fingerprint density at radius 1 is 0.840 bits per heavy atom. The quantitative estimate of drug-likeness (QED) is 0.683. The Bertz CT molecular complexity index is 668. The van der Waals surface area contributed by atoms with Gasteiger partial charge in [-0.2, -0.15) is 0 Å². The molecule has 2 heterocycles. The number of aryl methyl sites for hydroxylation is 2. The number of rotatable bonds is 5. The lowest BCUT2D eigenvalue weighted by Crippen LogP contribution is -2.12. The van der Waals surface area contributed by atoms with Crippen LogP contribution in [0.4, 0.5) is 0 Å². The molecule has 25 heavy (non-hydrogen) atoms. The maximum Gasteiger partial charge on any atom is 0.0946 e. The van der Waals surface area contributed by atoms with E-state index in [0.717, 1.165) is 18.9 Å². The zero-order valence-electron chi connectivity index (χ0n) is 14.9. The van der Waals surface area contributed by atoms with Crippen molar-refractivity contribution in [1.29, 1.82) is 0 Å². The Balaban J connectivity index is 0.000000146. The van der Waals surface area contributed by atoms with Gasteiger partial charge in [0, 0.05) is 37.9 Å². The molecule has 1 fully saturated rings. The van der Waals surface area contributed by atoms with E-state index in [0.29, 0.717) is 0 Å². The Hall–Kier alpha value is -2.36. The molecule has 3 aromatic rings. The van der Waals surface area contributed by atoms with E-state index in [4.69, 9.17) is 0 Å². The summed E-state index contributed by atoms with van der Waals surface area (Å²) >= 11 is 0. The van der Waals surface area contributed by atoms with Crippen LogP contribution in [-0.4, -0.2) is 19.1 Å². The molecule has 4 rings (SSSR count). The largest absolute Gasteiger partial charge is 0.337 e. The van der Waals surface area contributed by atoms with Crippen molar-refractivity contribution < 1.29 is 0 Å². The topological polar surface area (TPSA) is 35.6 Å². The molecule has 0 N–H and O–H groups in total. The highest BCUT2D eigenvalue weighted by atomic mass is 15.0. The fraction of sp³-hybridized carbons (Fsp3) is 0.429. The van der Waals surface area contributed by atoms with E-state index in [-0.39, 0.29) is 0 Å². The molecule has 0 unspecified atom stereocenters. The third-order valence-electron chi connectivity index (χ3n) is 4.81. The van der Waals surface area contributed by atoms with E-state index in [1.165, 1.54) is 44.2 Å². The highest BCUT2D eigenvalue weighted by Crippen LogP contribution is 2.24. The predicted molar refractivity (Wildman–Crippen MR) is 101 cm³/mol. The second kappa shape index (κ2) is 9.82. The molecule has 1 aromatic carbocycles. The van der Waals surface area contributed by atoms with Gasteiger partial charge in [-0.05, 0) is 30.7 Å². The molecule has 0 saturated heterocycles. The van der Waals surface area contributed by atoms with Gasteiger partial charge in [-0.1, -0.05) is 49.6 Å². The van der Waals surface area contributed by atoms with Crippen LogP contribution >= 0.6 is 0 Å². The zero-order valence-corrected chi connectivity index (χ0v) is 14.9. The first-order valence-corrected chi connectivity index (χ1v) is 9.35. The summed E-state index contributed by atoms with van der Waals surface area (Å²) < 4.78 is 4.29. The maximum atomic E-state index is 4.05. The van der Waals surface area contributed by atoms with Gasteiger partial charge in [0.2, 0.25) is 0 Å². The van der Waals surface area contributed by atoms with E-state index in [2.05, 4.69) is 49.6 Å². The minimum Gasteiger partial charge on any atom is -0.337 e. The summed E-state index contributed by atoms with van der Waals surface area (Å²) in [7, 11) is 0. The molecule has 0 bridgehead atoms. The number of benzene rings is 1. The van der Waals surface area contributed by atoms with Crippen molar-refractivity contribution in [1.82, 2.24) is 19.1 Å². The highest BCUT2D eigenvalue weighted by molar-refractivity contribution is 5.14. The average molecular weight is 336 g/mol. The van der Waals surface area contributed by atoms with Gasteiger partial charge < -0.3 is 9.13 Å². The molecule has 1 saturated carbocycles. The van der Waals surface area contributed by atoms with Crippen LogP contribution in [0.3, 0.4) is 0 Å². The van der Waals surface area contributed by atoms with Gasteiger partial charge >= 0.3 is 0 Å². The van der Waals surface area contributed by atoms with Crippen LogP contribution < -0.4 is 0 Å².